The molecule has 8 heteroatoms. The molecule has 16 heavy (non-hydrogen) atoms. The van der Waals surface area contributed by atoms with Gasteiger partial charge in [0.2, 0.25) is 0 Å². The summed E-state index contributed by atoms with van der Waals surface area (Å²) in [7, 11) is 0. The maximum absolute atomic E-state index is 10.6. The van der Waals surface area contributed by atoms with E-state index in [0.717, 1.165) is 11.3 Å². The van der Waals surface area contributed by atoms with Crippen LogP contribution in [0.3, 0.4) is 0 Å². The first-order valence-corrected chi connectivity index (χ1v) is 4.93. The van der Waals surface area contributed by atoms with Crippen LogP contribution in [0.2, 0.25) is 0 Å². The molecule has 0 spiro atoms. The molecule has 0 amide bonds. The van der Waals surface area contributed by atoms with E-state index in [1.54, 1.807) is 0 Å². The molecule has 1 aromatic heterocycles. The minimum atomic E-state index is -1.39. The van der Waals surface area contributed by atoms with Crippen molar-refractivity contribution in [1.29, 1.82) is 0 Å². The Kier molecular flexibility index (Phi) is 3.56. The van der Waals surface area contributed by atoms with Crippen LogP contribution in [0, 0.1) is 10.1 Å². The number of carbonyl (C=O) groups excluding carboxylic acids is 1. The maximum atomic E-state index is 10.6. The van der Waals surface area contributed by atoms with Crippen LogP contribution < -0.4 is 5.11 Å². The molecular formula is C8H7N2O5S-. The van der Waals surface area contributed by atoms with Crippen LogP contribution >= 0.6 is 11.3 Å². The van der Waals surface area contributed by atoms with Crippen molar-refractivity contribution < 1.29 is 20.0 Å². The third kappa shape index (κ3) is 2.54. The van der Waals surface area contributed by atoms with Gasteiger partial charge >= 0.3 is 0 Å². The number of carbonyl (C=O) groups is 1. The first-order valence-electron chi connectivity index (χ1n) is 4.11. The molecule has 0 aromatic carbocycles. The van der Waals surface area contributed by atoms with Crippen LogP contribution in [0.25, 0.3) is 0 Å². The Morgan fingerprint density at radius 2 is 2.31 bits per heavy atom. The molecule has 0 radical (unpaired) electrons. The zero-order chi connectivity index (χ0) is 12.3. The van der Waals surface area contributed by atoms with Crippen LogP contribution in [-0.2, 0) is 11.2 Å². The molecule has 0 aliphatic rings. The Bertz CT molecular complexity index is 465. The molecule has 86 valence electrons. The average molecular weight is 243 g/mol. The number of hydrogen-bond donors (Lipinski definition) is 1. The van der Waals surface area contributed by atoms with Gasteiger partial charge in [-0.05, 0) is 6.92 Å². The molecule has 1 heterocycles. The summed E-state index contributed by atoms with van der Waals surface area (Å²) in [6.07, 6.45) is -0.528. The fourth-order valence-corrected chi connectivity index (χ4v) is 2.11. The molecule has 0 atom stereocenters. The van der Waals surface area contributed by atoms with Crippen LogP contribution in [-0.4, -0.2) is 21.8 Å². The van der Waals surface area contributed by atoms with Gasteiger partial charge in [-0.1, -0.05) is 5.16 Å². The molecule has 0 saturated carbocycles. The number of oxime groups is 1. The quantitative estimate of drug-likeness (QED) is 0.349. The summed E-state index contributed by atoms with van der Waals surface area (Å²) in [5, 5.41) is 32.4. The standard InChI is InChI=1S/C8H8N2O5S/c1-4(9-13)6-2-5(10(14)15)7(16-6)3-8(11)12/h2,13H,3H2,1H3,(H,11,12)/p-1/b9-4+. The molecule has 0 bridgehead atoms. The van der Waals surface area contributed by atoms with Crippen LogP contribution in [0.1, 0.15) is 16.7 Å². The van der Waals surface area contributed by atoms with Gasteiger partial charge in [0.25, 0.3) is 5.69 Å². The molecule has 1 aromatic rings. The number of nitro groups is 1. The van der Waals surface area contributed by atoms with Gasteiger partial charge in [0, 0.05) is 18.5 Å². The van der Waals surface area contributed by atoms with E-state index < -0.39 is 17.3 Å². The number of thiophene rings is 1. The number of aliphatic carboxylic acids is 1. The zero-order valence-electron chi connectivity index (χ0n) is 8.17. The van der Waals surface area contributed by atoms with E-state index in [1.165, 1.54) is 13.0 Å². The van der Waals surface area contributed by atoms with E-state index in [-0.39, 0.29) is 16.3 Å². The highest BCUT2D eigenvalue weighted by atomic mass is 32.1. The number of carboxylic acid groups (broad SMARTS) is 1. The van der Waals surface area contributed by atoms with E-state index in [2.05, 4.69) is 5.16 Å². The van der Waals surface area contributed by atoms with Gasteiger partial charge in [-0.3, -0.25) is 10.1 Å². The van der Waals surface area contributed by atoms with E-state index in [0.29, 0.717) is 4.88 Å². The maximum Gasteiger partial charge on any atom is 0.284 e. The fraction of sp³-hybridized carbons (Fsp3) is 0.250. The van der Waals surface area contributed by atoms with E-state index >= 15 is 0 Å². The van der Waals surface area contributed by atoms with Gasteiger partial charge in [-0.25, -0.2) is 0 Å². The van der Waals surface area contributed by atoms with Gasteiger partial charge in [-0.15, -0.1) is 11.3 Å². The Morgan fingerprint density at radius 1 is 1.69 bits per heavy atom. The van der Waals surface area contributed by atoms with E-state index in [1.807, 2.05) is 0 Å². The van der Waals surface area contributed by atoms with Crippen LogP contribution in [0.5, 0.6) is 0 Å². The molecule has 1 rings (SSSR count). The Balaban J connectivity index is 3.20. The van der Waals surface area contributed by atoms with Gasteiger partial charge in [0.15, 0.2) is 0 Å². The van der Waals surface area contributed by atoms with E-state index in [4.69, 9.17) is 5.21 Å². The number of hydrogen-bond acceptors (Lipinski definition) is 7. The molecule has 0 fully saturated rings. The van der Waals surface area contributed by atoms with Crippen molar-refractivity contribution in [3.05, 3.63) is 25.9 Å². The average Bonchev–Trinajstić information content (AvgIpc) is 2.59. The summed E-state index contributed by atoms with van der Waals surface area (Å²) in [6.45, 7) is 1.46. The van der Waals surface area contributed by atoms with Gasteiger partial charge in [0.05, 0.1) is 20.4 Å². The molecule has 0 aliphatic carbocycles. The van der Waals surface area contributed by atoms with Crippen LogP contribution in [0.15, 0.2) is 11.2 Å². The predicted molar refractivity (Wildman–Crippen MR) is 53.7 cm³/mol. The molecule has 7 nitrogen and oxygen atoms in total. The van der Waals surface area contributed by atoms with Crippen molar-refractivity contribution in [3.8, 4) is 0 Å². The third-order valence-electron chi connectivity index (χ3n) is 1.79. The number of nitrogens with zero attached hydrogens (tertiary/aromatic N) is 2. The summed E-state index contributed by atoms with van der Waals surface area (Å²) in [5.74, 6) is -1.39. The molecule has 0 saturated heterocycles. The summed E-state index contributed by atoms with van der Waals surface area (Å²) in [5.41, 5.74) is -0.107. The molecule has 0 unspecified atom stereocenters. The smallest absolute Gasteiger partial charge is 0.284 e. The number of rotatable bonds is 4. The van der Waals surface area contributed by atoms with Gasteiger partial charge in [-0.2, -0.15) is 0 Å². The second kappa shape index (κ2) is 4.71. The lowest BCUT2D eigenvalue weighted by molar-refractivity contribution is -0.385. The topological polar surface area (TPSA) is 116 Å². The van der Waals surface area contributed by atoms with Gasteiger partial charge < -0.3 is 15.1 Å². The van der Waals surface area contributed by atoms with E-state index in [9.17, 15) is 20.0 Å². The fourth-order valence-electron chi connectivity index (χ4n) is 1.06. The van der Waals surface area contributed by atoms with Crippen molar-refractivity contribution in [2.45, 2.75) is 13.3 Å². The number of carboxylic acids is 1. The largest absolute Gasteiger partial charge is 0.550 e. The molecule has 1 N–H and O–H groups in total. The second-order valence-electron chi connectivity index (χ2n) is 2.91. The minimum Gasteiger partial charge on any atom is -0.550 e. The lowest BCUT2D eigenvalue weighted by Crippen LogP contribution is -2.24. The monoisotopic (exact) mass is 243 g/mol. The Labute approximate surface area is 93.8 Å². The van der Waals surface area contributed by atoms with Crippen molar-refractivity contribution in [1.82, 2.24) is 0 Å². The SMILES string of the molecule is C/C(=N\O)c1cc([N+](=O)[O-])c(CC(=O)[O-])s1. The van der Waals surface area contributed by atoms with Crippen molar-refractivity contribution in [3.63, 3.8) is 0 Å². The third-order valence-corrected chi connectivity index (χ3v) is 3.03. The van der Waals surface area contributed by atoms with Crippen LogP contribution in [0.4, 0.5) is 5.69 Å². The summed E-state index contributed by atoms with van der Waals surface area (Å²) in [4.78, 5) is 20.8. The minimum absolute atomic E-state index is 0.0722. The molecular weight excluding hydrogens is 236 g/mol. The lowest BCUT2D eigenvalue weighted by Gasteiger charge is -1.97. The molecule has 0 aliphatic heterocycles. The van der Waals surface area contributed by atoms with Crippen molar-refractivity contribution >= 4 is 28.7 Å². The summed E-state index contributed by atoms with van der Waals surface area (Å²) in [6, 6.07) is 1.18. The highest BCUT2D eigenvalue weighted by Gasteiger charge is 2.20. The van der Waals surface area contributed by atoms with Gasteiger partial charge in [0.1, 0.15) is 0 Å². The van der Waals surface area contributed by atoms with Crippen molar-refractivity contribution in [2.75, 3.05) is 0 Å². The first kappa shape index (κ1) is 12.1. The summed E-state index contributed by atoms with van der Waals surface area (Å²) >= 11 is 0.896. The first-order chi connectivity index (χ1) is 7.45. The highest BCUT2D eigenvalue weighted by molar-refractivity contribution is 7.14. The Hall–Kier alpha value is -1.96. The highest BCUT2D eigenvalue weighted by Crippen LogP contribution is 2.29. The Morgan fingerprint density at radius 3 is 2.75 bits per heavy atom. The summed E-state index contributed by atoms with van der Waals surface area (Å²) < 4.78 is 0. The van der Waals surface area contributed by atoms with Crippen molar-refractivity contribution in [2.24, 2.45) is 5.16 Å². The lowest BCUT2D eigenvalue weighted by atomic mass is 10.2. The second-order valence-corrected chi connectivity index (χ2v) is 4.05. The predicted octanol–water partition coefficient (Wildman–Crippen LogP) is 0.147. The normalized spacial score (nSPS) is 11.4. The zero-order valence-corrected chi connectivity index (χ0v) is 8.98.